The molecule has 1 heteroatoms. The van der Waals surface area contributed by atoms with Gasteiger partial charge in [-0.25, -0.2) is 0 Å². The summed E-state index contributed by atoms with van der Waals surface area (Å²) < 4.78 is 0. The molecule has 0 amide bonds. The first-order valence-electron chi connectivity index (χ1n) is 8.94. The van der Waals surface area contributed by atoms with E-state index in [4.69, 9.17) is 0 Å². The lowest BCUT2D eigenvalue weighted by Gasteiger charge is -2.61. The lowest BCUT2D eigenvalue weighted by atomic mass is 9.45. The van der Waals surface area contributed by atoms with Crippen LogP contribution in [0.15, 0.2) is 12.2 Å². The number of rotatable bonds is 2. The van der Waals surface area contributed by atoms with E-state index < -0.39 is 0 Å². The van der Waals surface area contributed by atoms with E-state index in [0.29, 0.717) is 23.7 Å². The van der Waals surface area contributed by atoms with E-state index in [9.17, 15) is 5.11 Å². The van der Waals surface area contributed by atoms with Crippen molar-refractivity contribution >= 4 is 0 Å². The van der Waals surface area contributed by atoms with Gasteiger partial charge in [0, 0.05) is 0 Å². The molecule has 0 aromatic rings. The highest BCUT2D eigenvalue weighted by atomic mass is 16.3. The van der Waals surface area contributed by atoms with E-state index in [1.807, 2.05) is 0 Å². The zero-order valence-corrected chi connectivity index (χ0v) is 15.2. The Hall–Kier alpha value is -0.300. The summed E-state index contributed by atoms with van der Waals surface area (Å²) in [5, 5.41) is 11.0. The maximum Gasteiger partial charge on any atom is 0.0584 e. The first-order valence-corrected chi connectivity index (χ1v) is 8.94. The lowest BCUT2D eigenvalue weighted by Crippen LogP contribution is -2.57. The van der Waals surface area contributed by atoms with Crippen molar-refractivity contribution in [1.82, 2.24) is 0 Å². The van der Waals surface area contributed by atoms with Crippen LogP contribution in [0.5, 0.6) is 0 Å². The van der Waals surface area contributed by atoms with E-state index in [2.05, 4.69) is 55.0 Å². The summed E-state index contributed by atoms with van der Waals surface area (Å²) in [6.45, 7) is 20.8. The lowest BCUT2D eigenvalue weighted by molar-refractivity contribution is -0.141. The third kappa shape index (κ3) is 2.40. The summed E-state index contributed by atoms with van der Waals surface area (Å²) in [5.41, 5.74) is 1.68. The van der Waals surface area contributed by atoms with Gasteiger partial charge in [-0.3, -0.25) is 0 Å². The average molecular weight is 293 g/mol. The summed E-state index contributed by atoms with van der Waals surface area (Å²) in [6.07, 6.45) is 3.22. The third-order valence-corrected chi connectivity index (χ3v) is 7.53. The van der Waals surface area contributed by atoms with Crippen molar-refractivity contribution in [2.24, 2.45) is 40.4 Å². The number of allylic oxidation sites excluding steroid dienone is 1. The zero-order valence-electron chi connectivity index (χ0n) is 15.2. The molecule has 122 valence electrons. The molecule has 0 aromatic heterocycles. The van der Waals surface area contributed by atoms with Gasteiger partial charge in [0.2, 0.25) is 0 Å². The summed E-state index contributed by atoms with van der Waals surface area (Å²) in [4.78, 5) is 0. The van der Waals surface area contributed by atoms with Gasteiger partial charge < -0.3 is 5.11 Å². The van der Waals surface area contributed by atoms with E-state index in [1.54, 1.807) is 0 Å². The highest BCUT2D eigenvalue weighted by molar-refractivity contribution is 5.20. The summed E-state index contributed by atoms with van der Waals surface area (Å²) in [7, 11) is 0. The van der Waals surface area contributed by atoms with Crippen molar-refractivity contribution in [3.63, 3.8) is 0 Å². The minimum atomic E-state index is -0.176. The van der Waals surface area contributed by atoms with Crippen LogP contribution in [0.4, 0.5) is 0 Å². The Morgan fingerprint density at radius 3 is 2.33 bits per heavy atom. The molecule has 2 aliphatic carbocycles. The van der Waals surface area contributed by atoms with E-state index in [1.165, 1.54) is 18.4 Å². The zero-order chi connectivity index (χ0) is 16.2. The van der Waals surface area contributed by atoms with Crippen molar-refractivity contribution in [2.75, 3.05) is 0 Å². The Morgan fingerprint density at radius 2 is 1.86 bits per heavy atom. The molecule has 0 heterocycles. The topological polar surface area (TPSA) is 20.2 Å². The van der Waals surface area contributed by atoms with Gasteiger partial charge in [0.15, 0.2) is 0 Å². The van der Waals surface area contributed by atoms with Crippen LogP contribution in [0.2, 0.25) is 0 Å². The maximum atomic E-state index is 11.0. The van der Waals surface area contributed by atoms with E-state index >= 15 is 0 Å². The van der Waals surface area contributed by atoms with Crippen LogP contribution in [0.1, 0.15) is 67.7 Å². The normalized spacial score (nSPS) is 46.5. The Bertz CT molecular complexity index is 408. The van der Waals surface area contributed by atoms with E-state index in [-0.39, 0.29) is 16.9 Å². The Balaban J connectivity index is 2.46. The third-order valence-electron chi connectivity index (χ3n) is 7.53. The largest absolute Gasteiger partial charge is 0.393 e. The molecule has 0 bridgehead atoms. The molecular weight excluding hydrogens is 256 g/mol. The van der Waals surface area contributed by atoms with Crippen LogP contribution >= 0.6 is 0 Å². The quantitative estimate of drug-likeness (QED) is 0.685. The van der Waals surface area contributed by atoms with Crippen LogP contribution in [0.25, 0.3) is 0 Å². The Morgan fingerprint density at radius 1 is 1.29 bits per heavy atom. The molecule has 3 unspecified atom stereocenters. The maximum absolute atomic E-state index is 11.0. The smallest absolute Gasteiger partial charge is 0.0584 e. The predicted octanol–water partition coefficient (Wildman–Crippen LogP) is 5.29. The second kappa shape index (κ2) is 5.41. The molecule has 0 spiro atoms. The van der Waals surface area contributed by atoms with Gasteiger partial charge in [-0.05, 0) is 53.3 Å². The molecule has 2 rings (SSSR count). The predicted molar refractivity (Wildman–Crippen MR) is 91.0 cm³/mol. The number of aliphatic hydroxyl groups excluding tert-OH is 1. The minimum absolute atomic E-state index is 0.0630. The van der Waals surface area contributed by atoms with Crippen molar-refractivity contribution < 1.29 is 5.11 Å². The molecule has 2 saturated carbocycles. The molecule has 6 atom stereocenters. The number of hydrogen-bond donors (Lipinski definition) is 1. The minimum Gasteiger partial charge on any atom is -0.393 e. The van der Waals surface area contributed by atoms with Crippen LogP contribution in [0, 0.1) is 40.4 Å². The van der Waals surface area contributed by atoms with Gasteiger partial charge in [-0.1, -0.05) is 67.0 Å². The van der Waals surface area contributed by atoms with Crippen LogP contribution < -0.4 is 0 Å². The molecule has 0 aliphatic heterocycles. The fourth-order valence-electron chi connectivity index (χ4n) is 5.91. The van der Waals surface area contributed by atoms with Crippen molar-refractivity contribution in [3.8, 4) is 0 Å². The number of aliphatic hydroxyl groups is 1. The van der Waals surface area contributed by atoms with Crippen molar-refractivity contribution in [2.45, 2.75) is 73.8 Å². The second-order valence-corrected chi connectivity index (χ2v) is 9.02. The summed E-state index contributed by atoms with van der Waals surface area (Å²) >= 11 is 0. The fraction of sp³-hybridized carbons (Fsp3) is 0.900. The summed E-state index contributed by atoms with van der Waals surface area (Å²) in [5.74, 6) is 2.96. The van der Waals surface area contributed by atoms with Crippen molar-refractivity contribution in [1.29, 1.82) is 0 Å². The number of fused-ring (bicyclic) bond motifs is 1. The second-order valence-electron chi connectivity index (χ2n) is 9.02. The van der Waals surface area contributed by atoms with E-state index in [0.717, 1.165) is 12.3 Å². The van der Waals surface area contributed by atoms with Gasteiger partial charge in [0.25, 0.3) is 0 Å². The van der Waals surface area contributed by atoms with Gasteiger partial charge in [-0.15, -0.1) is 0 Å². The molecular formula is C20H36O. The molecule has 21 heavy (non-hydrogen) atoms. The Labute approximate surface area is 132 Å². The monoisotopic (exact) mass is 292 g/mol. The molecule has 1 N–H and O–H groups in total. The van der Waals surface area contributed by atoms with Gasteiger partial charge in [-0.2, -0.15) is 0 Å². The molecule has 1 nitrogen and oxygen atoms in total. The van der Waals surface area contributed by atoms with Gasteiger partial charge in [0.1, 0.15) is 0 Å². The first-order chi connectivity index (χ1) is 9.57. The van der Waals surface area contributed by atoms with Crippen molar-refractivity contribution in [3.05, 3.63) is 12.2 Å². The summed E-state index contributed by atoms with van der Waals surface area (Å²) in [6, 6.07) is 0. The standard InChI is InChI=1S/C20H36O/c1-9-16-15-10-13(4)14(5)19(6,7)18(15)17(21)11-20(16,8)12(2)3/h12-13,15-18,21H,5,9-11H2,1-4,6-8H3/t13-,15?,16-,17?,18+,20?/m0/s1. The molecule has 0 radical (unpaired) electrons. The number of hydrogen-bond acceptors (Lipinski definition) is 1. The molecule has 2 fully saturated rings. The average Bonchev–Trinajstić information content (AvgIpc) is 2.35. The highest BCUT2D eigenvalue weighted by Gasteiger charge is 2.57. The SMILES string of the molecule is C=C1[C@@H](C)CC2[C@H](C(O)CC(C)(C(C)C)[C@H]2CC)C1(C)C. The molecule has 0 aromatic carbocycles. The van der Waals surface area contributed by atoms with Crippen LogP contribution in [-0.2, 0) is 0 Å². The first kappa shape index (κ1) is 17.1. The van der Waals surface area contributed by atoms with Gasteiger partial charge >= 0.3 is 0 Å². The Kier molecular flexibility index (Phi) is 4.39. The van der Waals surface area contributed by atoms with Gasteiger partial charge in [0.05, 0.1) is 6.10 Å². The fourth-order valence-corrected chi connectivity index (χ4v) is 5.91. The van der Waals surface area contributed by atoms with Crippen LogP contribution in [0.3, 0.4) is 0 Å². The highest BCUT2D eigenvalue weighted by Crippen LogP contribution is 2.62. The molecule has 2 aliphatic rings. The molecule has 0 saturated heterocycles. The van der Waals surface area contributed by atoms with Crippen LogP contribution in [-0.4, -0.2) is 11.2 Å².